The average Bonchev–Trinajstić information content (AvgIpc) is 2.34. The van der Waals surface area contributed by atoms with E-state index in [-0.39, 0.29) is 0 Å². The largest absolute Gasteiger partial charge is 0.298 e. The van der Waals surface area contributed by atoms with Crippen molar-refractivity contribution in [1.82, 2.24) is 14.7 Å². The molecule has 0 N–H and O–H groups in total. The summed E-state index contributed by atoms with van der Waals surface area (Å²) in [6.45, 7) is 4.34. The van der Waals surface area contributed by atoms with E-state index in [2.05, 4.69) is 34.7 Å². The van der Waals surface area contributed by atoms with Crippen LogP contribution in [0.4, 0.5) is 0 Å². The van der Waals surface area contributed by atoms with Crippen molar-refractivity contribution in [3.63, 3.8) is 0 Å². The molecule has 2 rings (SSSR count). The van der Waals surface area contributed by atoms with Gasteiger partial charge in [-0.25, -0.2) is 0 Å². The van der Waals surface area contributed by atoms with Gasteiger partial charge in [0.2, 0.25) is 0 Å². The molecule has 0 spiro atoms. The summed E-state index contributed by atoms with van der Waals surface area (Å²) < 4.78 is 2.11. The molecule has 1 aromatic rings. The zero-order valence-electron chi connectivity index (χ0n) is 6.99. The summed E-state index contributed by atoms with van der Waals surface area (Å²) in [6.07, 6.45) is 1.88. The van der Waals surface area contributed by atoms with Gasteiger partial charge in [-0.2, -0.15) is 5.10 Å². The third-order valence-electron chi connectivity index (χ3n) is 2.18. The molecule has 0 amide bonds. The Bertz CT molecular complexity index is 254. The van der Waals surface area contributed by atoms with E-state index < -0.39 is 0 Å². The second kappa shape index (κ2) is 2.34. The molecule has 3 heteroatoms. The molecule has 0 saturated heterocycles. The molecule has 0 saturated carbocycles. The molecule has 3 nitrogen and oxygen atoms in total. The molecule has 0 aliphatic carbocycles. The molecule has 0 unspecified atom stereocenters. The lowest BCUT2D eigenvalue weighted by Crippen LogP contribution is -2.33. The van der Waals surface area contributed by atoms with E-state index in [1.165, 1.54) is 5.69 Å². The van der Waals surface area contributed by atoms with Gasteiger partial charge in [-0.1, -0.05) is 0 Å². The Morgan fingerprint density at radius 3 is 3.27 bits per heavy atom. The maximum absolute atomic E-state index is 4.26. The molecule has 0 aromatic carbocycles. The Balaban J connectivity index is 2.36. The van der Waals surface area contributed by atoms with E-state index in [0.29, 0.717) is 6.04 Å². The predicted molar refractivity (Wildman–Crippen MR) is 43.3 cm³/mol. The summed E-state index contributed by atoms with van der Waals surface area (Å²) >= 11 is 0. The summed E-state index contributed by atoms with van der Waals surface area (Å²) in [5.74, 6) is 0. The highest BCUT2D eigenvalue weighted by Gasteiger charge is 2.18. The van der Waals surface area contributed by atoms with Crippen LogP contribution in [-0.4, -0.2) is 28.3 Å². The average molecular weight is 151 g/mol. The minimum absolute atomic E-state index is 0.527. The molecule has 1 aliphatic heterocycles. The SMILES string of the molecule is C[C@@H]1CN(C)Cc2ccnn21. The Morgan fingerprint density at radius 1 is 1.64 bits per heavy atom. The van der Waals surface area contributed by atoms with Crippen LogP contribution in [0.25, 0.3) is 0 Å². The maximum atomic E-state index is 4.26. The van der Waals surface area contributed by atoms with E-state index in [0.717, 1.165) is 13.1 Å². The summed E-state index contributed by atoms with van der Waals surface area (Å²) in [4.78, 5) is 2.32. The zero-order valence-corrected chi connectivity index (χ0v) is 6.99. The van der Waals surface area contributed by atoms with Gasteiger partial charge in [0.1, 0.15) is 0 Å². The van der Waals surface area contributed by atoms with Crippen molar-refractivity contribution in [2.75, 3.05) is 13.6 Å². The smallest absolute Gasteiger partial charge is 0.0621 e. The van der Waals surface area contributed by atoms with Crippen LogP contribution in [0, 0.1) is 0 Å². The third kappa shape index (κ3) is 1.05. The van der Waals surface area contributed by atoms with Crippen molar-refractivity contribution in [2.24, 2.45) is 0 Å². The highest BCUT2D eigenvalue weighted by Crippen LogP contribution is 2.17. The molecule has 0 fully saturated rings. The lowest BCUT2D eigenvalue weighted by molar-refractivity contribution is 0.220. The van der Waals surface area contributed by atoms with Crippen molar-refractivity contribution >= 4 is 0 Å². The fourth-order valence-corrected chi connectivity index (χ4v) is 1.73. The Morgan fingerprint density at radius 2 is 2.45 bits per heavy atom. The highest BCUT2D eigenvalue weighted by molar-refractivity contribution is 5.04. The van der Waals surface area contributed by atoms with Gasteiger partial charge in [-0.3, -0.25) is 9.58 Å². The van der Waals surface area contributed by atoms with Crippen LogP contribution in [0.2, 0.25) is 0 Å². The lowest BCUT2D eigenvalue weighted by Gasteiger charge is -2.28. The third-order valence-corrected chi connectivity index (χ3v) is 2.18. The fourth-order valence-electron chi connectivity index (χ4n) is 1.73. The van der Waals surface area contributed by atoms with Gasteiger partial charge in [0.15, 0.2) is 0 Å². The number of aromatic nitrogens is 2. The lowest BCUT2D eigenvalue weighted by atomic mass is 10.2. The topological polar surface area (TPSA) is 21.1 Å². The van der Waals surface area contributed by atoms with Crippen molar-refractivity contribution in [1.29, 1.82) is 0 Å². The molecule has 0 bridgehead atoms. The van der Waals surface area contributed by atoms with Gasteiger partial charge in [0.25, 0.3) is 0 Å². The minimum Gasteiger partial charge on any atom is -0.298 e. The first kappa shape index (κ1) is 6.85. The van der Waals surface area contributed by atoms with E-state index >= 15 is 0 Å². The second-order valence-corrected chi connectivity index (χ2v) is 3.31. The molecule has 1 atom stereocenters. The quantitative estimate of drug-likeness (QED) is 0.549. The first-order valence-electron chi connectivity index (χ1n) is 3.98. The number of rotatable bonds is 0. The standard InChI is InChI=1S/C8H13N3/c1-7-5-10(2)6-8-3-4-9-11(7)8/h3-4,7H,5-6H2,1-2H3/t7-/m1/s1. The van der Waals surface area contributed by atoms with Crippen LogP contribution in [-0.2, 0) is 6.54 Å². The van der Waals surface area contributed by atoms with Crippen LogP contribution >= 0.6 is 0 Å². The minimum atomic E-state index is 0.527. The van der Waals surface area contributed by atoms with Crippen LogP contribution in [0.3, 0.4) is 0 Å². The van der Waals surface area contributed by atoms with Crippen molar-refractivity contribution < 1.29 is 0 Å². The van der Waals surface area contributed by atoms with Gasteiger partial charge < -0.3 is 0 Å². The van der Waals surface area contributed by atoms with Gasteiger partial charge >= 0.3 is 0 Å². The van der Waals surface area contributed by atoms with Crippen molar-refractivity contribution in [2.45, 2.75) is 19.5 Å². The summed E-state index contributed by atoms with van der Waals surface area (Å²) in [5.41, 5.74) is 1.33. The van der Waals surface area contributed by atoms with Gasteiger partial charge in [0, 0.05) is 19.3 Å². The molecule has 2 heterocycles. The molecule has 1 aromatic heterocycles. The van der Waals surface area contributed by atoms with Crippen molar-refractivity contribution in [3.05, 3.63) is 18.0 Å². The van der Waals surface area contributed by atoms with Gasteiger partial charge in [0.05, 0.1) is 11.7 Å². The van der Waals surface area contributed by atoms with Crippen LogP contribution in [0.15, 0.2) is 12.3 Å². The highest BCUT2D eigenvalue weighted by atomic mass is 15.3. The first-order chi connectivity index (χ1) is 5.27. The molecule has 60 valence electrons. The van der Waals surface area contributed by atoms with Gasteiger partial charge in [-0.15, -0.1) is 0 Å². The van der Waals surface area contributed by atoms with Crippen LogP contribution in [0.1, 0.15) is 18.7 Å². The molecular formula is C8H13N3. The van der Waals surface area contributed by atoms with E-state index in [4.69, 9.17) is 0 Å². The maximum Gasteiger partial charge on any atom is 0.0621 e. The molecular weight excluding hydrogens is 138 g/mol. The summed E-state index contributed by atoms with van der Waals surface area (Å²) in [6, 6.07) is 2.62. The Hall–Kier alpha value is -0.830. The monoisotopic (exact) mass is 151 g/mol. The molecule has 0 radical (unpaired) electrons. The fraction of sp³-hybridized carbons (Fsp3) is 0.625. The normalized spacial score (nSPS) is 25.1. The number of hydrogen-bond donors (Lipinski definition) is 0. The number of fused-ring (bicyclic) bond motifs is 1. The zero-order chi connectivity index (χ0) is 7.84. The Kier molecular flexibility index (Phi) is 1.46. The van der Waals surface area contributed by atoms with Gasteiger partial charge in [-0.05, 0) is 20.0 Å². The number of hydrogen-bond acceptors (Lipinski definition) is 2. The first-order valence-corrected chi connectivity index (χ1v) is 3.98. The second-order valence-electron chi connectivity index (χ2n) is 3.31. The number of nitrogens with zero attached hydrogens (tertiary/aromatic N) is 3. The summed E-state index contributed by atoms with van der Waals surface area (Å²) in [5, 5.41) is 4.26. The van der Waals surface area contributed by atoms with E-state index in [1.807, 2.05) is 6.20 Å². The Labute approximate surface area is 66.6 Å². The molecule has 1 aliphatic rings. The van der Waals surface area contributed by atoms with E-state index in [9.17, 15) is 0 Å². The van der Waals surface area contributed by atoms with E-state index in [1.54, 1.807) is 0 Å². The molecule has 11 heavy (non-hydrogen) atoms. The summed E-state index contributed by atoms with van der Waals surface area (Å²) in [7, 11) is 2.15. The number of likely N-dealkylation sites (N-methyl/N-ethyl adjacent to an activating group) is 1. The predicted octanol–water partition coefficient (Wildman–Crippen LogP) is 0.889. The van der Waals surface area contributed by atoms with Crippen molar-refractivity contribution in [3.8, 4) is 0 Å². The van der Waals surface area contributed by atoms with Crippen LogP contribution < -0.4 is 0 Å². The van der Waals surface area contributed by atoms with Crippen LogP contribution in [0.5, 0.6) is 0 Å².